The first-order valence-electron chi connectivity index (χ1n) is 9.41. The van der Waals surface area contributed by atoms with Crippen molar-refractivity contribution in [3.8, 4) is 34.8 Å². The Morgan fingerprint density at radius 3 is 2.66 bits per heavy atom. The van der Waals surface area contributed by atoms with E-state index in [0.717, 1.165) is 11.1 Å². The number of ether oxygens (including phenoxy) is 1. The Hall–Kier alpha value is -4.91. The highest BCUT2D eigenvalue weighted by Crippen LogP contribution is 2.27. The zero-order valence-electron chi connectivity index (χ0n) is 16.6. The predicted octanol–water partition coefficient (Wildman–Crippen LogP) is 4.58. The van der Waals surface area contributed by atoms with Gasteiger partial charge in [-0.25, -0.2) is 20.5 Å². The number of hydrogen-bond donors (Lipinski definition) is 3. The molecule has 0 saturated heterocycles. The average molecular weight is 424 g/mol. The lowest BCUT2D eigenvalue weighted by atomic mass is 10.1. The van der Waals surface area contributed by atoms with Crippen molar-refractivity contribution in [2.45, 2.75) is 6.54 Å². The number of benzene rings is 2. The molecule has 3 N–H and O–H groups in total. The largest absolute Gasteiger partial charge is 0.505 e. The summed E-state index contributed by atoms with van der Waals surface area (Å²) in [5.41, 5.74) is 9.50. The number of anilines is 1. The van der Waals surface area contributed by atoms with Gasteiger partial charge in [-0.3, -0.25) is 0 Å². The maximum atomic E-state index is 9.36. The third kappa shape index (κ3) is 4.80. The monoisotopic (exact) mass is 424 g/mol. The van der Waals surface area contributed by atoms with Crippen LogP contribution in [-0.2, 0) is 6.54 Å². The van der Waals surface area contributed by atoms with Crippen LogP contribution >= 0.6 is 0 Å². The number of hydrogen-bond acceptors (Lipinski definition) is 10. The molecule has 0 bridgehead atoms. The van der Waals surface area contributed by atoms with Crippen molar-refractivity contribution in [1.82, 2.24) is 19.9 Å². The van der Waals surface area contributed by atoms with Gasteiger partial charge in [0.15, 0.2) is 17.4 Å². The van der Waals surface area contributed by atoms with E-state index in [-0.39, 0.29) is 23.3 Å². The summed E-state index contributed by atoms with van der Waals surface area (Å²) in [6, 6.07) is 16.3. The topological polar surface area (TPSA) is 153 Å². The number of rotatable bonds is 7. The molecule has 0 aliphatic carbocycles. The Balaban J connectivity index is 1.52. The molecule has 10 nitrogen and oxygen atoms in total. The molecule has 0 atom stereocenters. The molecule has 10 heteroatoms. The van der Waals surface area contributed by atoms with Gasteiger partial charge < -0.3 is 15.2 Å². The molecule has 0 unspecified atom stereocenters. The van der Waals surface area contributed by atoms with Gasteiger partial charge in [-0.15, -0.1) is 5.11 Å². The van der Waals surface area contributed by atoms with E-state index in [1.807, 2.05) is 24.3 Å². The van der Waals surface area contributed by atoms with Crippen molar-refractivity contribution < 1.29 is 9.84 Å². The first-order valence-corrected chi connectivity index (χ1v) is 9.41. The zero-order chi connectivity index (χ0) is 22.3. The summed E-state index contributed by atoms with van der Waals surface area (Å²) in [5.74, 6) is 1.52. The molecule has 0 amide bonds. The molecular weight excluding hydrogens is 408 g/mol. The summed E-state index contributed by atoms with van der Waals surface area (Å²) in [6.45, 7) is 0.372. The first kappa shape index (κ1) is 20.4. The van der Waals surface area contributed by atoms with Crippen LogP contribution in [0.2, 0.25) is 0 Å². The lowest BCUT2D eigenvalue weighted by Gasteiger charge is -2.10. The summed E-state index contributed by atoms with van der Waals surface area (Å²) in [4.78, 5) is 16.7. The second-order valence-corrected chi connectivity index (χ2v) is 6.55. The lowest BCUT2D eigenvalue weighted by Crippen LogP contribution is -2.04. The van der Waals surface area contributed by atoms with Gasteiger partial charge in [0, 0.05) is 12.1 Å². The van der Waals surface area contributed by atoms with Crippen molar-refractivity contribution in [3.05, 3.63) is 78.2 Å². The van der Waals surface area contributed by atoms with Crippen LogP contribution < -0.4 is 10.1 Å². The van der Waals surface area contributed by atoms with Crippen LogP contribution in [-0.4, -0.2) is 25.0 Å². The fourth-order valence-electron chi connectivity index (χ4n) is 2.84. The molecule has 32 heavy (non-hydrogen) atoms. The second kappa shape index (κ2) is 9.27. The molecule has 0 fully saturated rings. The molecule has 0 aliphatic heterocycles. The SMILES string of the molecule is N#Cc1cccc(Oc2cnc(N=N)c(NCc3cccc(-c4ncc(O)cn4)c3)n2)c1. The van der Waals surface area contributed by atoms with Gasteiger partial charge in [0.1, 0.15) is 5.75 Å². The van der Waals surface area contributed by atoms with Crippen molar-refractivity contribution in [2.24, 2.45) is 5.11 Å². The third-order valence-electron chi connectivity index (χ3n) is 4.31. The van der Waals surface area contributed by atoms with Gasteiger partial charge in [-0.1, -0.05) is 24.3 Å². The molecule has 4 rings (SSSR count). The smallest absolute Gasteiger partial charge is 0.239 e. The van der Waals surface area contributed by atoms with Gasteiger partial charge in [-0.05, 0) is 29.8 Å². The van der Waals surface area contributed by atoms with Gasteiger partial charge in [0.2, 0.25) is 11.7 Å². The quantitative estimate of drug-likeness (QED) is 0.364. The van der Waals surface area contributed by atoms with E-state index in [9.17, 15) is 5.11 Å². The lowest BCUT2D eigenvalue weighted by molar-refractivity contribution is 0.461. The molecule has 2 heterocycles. The molecule has 0 radical (unpaired) electrons. The predicted molar refractivity (Wildman–Crippen MR) is 115 cm³/mol. The molecular formula is C22H16N8O2. The maximum absolute atomic E-state index is 9.36. The highest BCUT2D eigenvalue weighted by Gasteiger charge is 2.10. The fourth-order valence-corrected chi connectivity index (χ4v) is 2.84. The number of nitriles is 1. The van der Waals surface area contributed by atoms with E-state index in [1.165, 1.54) is 18.6 Å². The summed E-state index contributed by atoms with van der Waals surface area (Å²) in [6.07, 6.45) is 4.03. The Labute approximate surface area is 182 Å². The first-order chi connectivity index (χ1) is 15.6. The Morgan fingerprint density at radius 1 is 1.06 bits per heavy atom. The maximum Gasteiger partial charge on any atom is 0.239 e. The van der Waals surface area contributed by atoms with Crippen molar-refractivity contribution >= 4 is 11.6 Å². The van der Waals surface area contributed by atoms with Crippen LogP contribution in [0.15, 0.2) is 72.2 Å². The van der Waals surface area contributed by atoms with Crippen LogP contribution in [0.5, 0.6) is 17.4 Å². The molecule has 2 aromatic carbocycles. The minimum Gasteiger partial charge on any atom is -0.505 e. The average Bonchev–Trinajstić information content (AvgIpc) is 2.83. The Morgan fingerprint density at radius 2 is 1.88 bits per heavy atom. The second-order valence-electron chi connectivity index (χ2n) is 6.55. The van der Waals surface area contributed by atoms with Gasteiger partial charge in [0.25, 0.3) is 0 Å². The molecule has 0 spiro atoms. The zero-order valence-corrected chi connectivity index (χ0v) is 16.6. The van der Waals surface area contributed by atoms with E-state index >= 15 is 0 Å². The highest BCUT2D eigenvalue weighted by atomic mass is 16.5. The van der Waals surface area contributed by atoms with E-state index in [4.69, 9.17) is 15.5 Å². The van der Waals surface area contributed by atoms with Crippen LogP contribution in [0, 0.1) is 16.9 Å². The Bertz CT molecular complexity index is 1300. The van der Waals surface area contributed by atoms with E-state index in [2.05, 4.69) is 36.4 Å². The molecule has 156 valence electrons. The Kier molecular flexibility index (Phi) is 5.90. The van der Waals surface area contributed by atoms with Crippen LogP contribution in [0.3, 0.4) is 0 Å². The van der Waals surface area contributed by atoms with Gasteiger partial charge in [0.05, 0.1) is 30.2 Å². The standard InChI is InChI=1S/C22H16N8O2/c23-9-14-3-2-6-18(8-14)32-19-13-28-22(30-24)21(29-19)25-10-15-4-1-5-16(7-15)20-26-11-17(31)12-27-20/h1-8,11-13,24,31H,10H2,(H,25,29). The third-order valence-corrected chi connectivity index (χ3v) is 4.31. The number of nitrogens with zero attached hydrogens (tertiary/aromatic N) is 6. The normalized spacial score (nSPS) is 10.2. The number of aromatic nitrogens is 4. The van der Waals surface area contributed by atoms with E-state index in [1.54, 1.807) is 24.3 Å². The van der Waals surface area contributed by atoms with E-state index < -0.39 is 0 Å². The van der Waals surface area contributed by atoms with Gasteiger partial charge >= 0.3 is 0 Å². The minimum absolute atomic E-state index is 0.00160. The fraction of sp³-hybridized carbons (Fsp3) is 0.0455. The van der Waals surface area contributed by atoms with Crippen molar-refractivity contribution in [2.75, 3.05) is 5.32 Å². The molecule has 0 aliphatic rings. The molecule has 4 aromatic rings. The summed E-state index contributed by atoms with van der Waals surface area (Å²) in [7, 11) is 0. The van der Waals surface area contributed by atoms with Crippen molar-refractivity contribution in [3.63, 3.8) is 0 Å². The van der Waals surface area contributed by atoms with Crippen LogP contribution in [0.1, 0.15) is 11.1 Å². The number of nitrogens with one attached hydrogen (secondary N) is 2. The summed E-state index contributed by atoms with van der Waals surface area (Å²) < 4.78 is 5.70. The van der Waals surface area contributed by atoms with Crippen molar-refractivity contribution in [1.29, 1.82) is 10.8 Å². The van der Waals surface area contributed by atoms with Crippen LogP contribution in [0.4, 0.5) is 11.6 Å². The number of aromatic hydroxyl groups is 1. The van der Waals surface area contributed by atoms with E-state index in [0.29, 0.717) is 23.7 Å². The van der Waals surface area contributed by atoms with Crippen LogP contribution in [0.25, 0.3) is 11.4 Å². The minimum atomic E-state index is -0.00160. The molecule has 0 saturated carbocycles. The summed E-state index contributed by atoms with van der Waals surface area (Å²) >= 11 is 0. The molecule has 2 aromatic heterocycles. The summed E-state index contributed by atoms with van der Waals surface area (Å²) in [5, 5.41) is 24.9. The van der Waals surface area contributed by atoms with Gasteiger partial charge in [-0.2, -0.15) is 10.2 Å². The highest BCUT2D eigenvalue weighted by molar-refractivity contribution is 5.58.